The van der Waals surface area contributed by atoms with Crippen molar-refractivity contribution in [3.8, 4) is 0 Å². The van der Waals surface area contributed by atoms with Gasteiger partial charge in [-0.1, -0.05) is 55.9 Å². The molecule has 1 heterocycles. The van der Waals surface area contributed by atoms with Crippen LogP contribution >= 0.6 is 11.6 Å². The molecule has 5 heteroatoms. The molecular weight excluding hydrogens is 412 g/mol. The Bertz CT molecular complexity index is 851. The lowest BCUT2D eigenvalue weighted by Gasteiger charge is -2.45. The van der Waals surface area contributed by atoms with Gasteiger partial charge in [0.2, 0.25) is 0 Å². The van der Waals surface area contributed by atoms with Gasteiger partial charge in [-0.15, -0.1) is 11.6 Å². The van der Waals surface area contributed by atoms with Crippen LogP contribution in [0.1, 0.15) is 41.0 Å². The van der Waals surface area contributed by atoms with Gasteiger partial charge in [-0.2, -0.15) is 0 Å². The third kappa shape index (κ3) is 4.95. The average molecular weight is 445 g/mol. The Hall–Kier alpha value is -1.94. The van der Waals surface area contributed by atoms with Crippen molar-refractivity contribution in [2.45, 2.75) is 52.5 Å². The van der Waals surface area contributed by atoms with Gasteiger partial charge in [-0.25, -0.2) is 0 Å². The highest BCUT2D eigenvalue weighted by Crippen LogP contribution is 2.48. The van der Waals surface area contributed by atoms with Gasteiger partial charge in [0.25, 0.3) is 0 Å². The largest absolute Gasteiger partial charge is 0.458 e. The van der Waals surface area contributed by atoms with Crippen LogP contribution in [-0.2, 0) is 19.1 Å². The normalized spacial score (nSPS) is 43.7. The number of rotatable bonds is 0. The second kappa shape index (κ2) is 9.68. The molecule has 0 saturated heterocycles. The van der Waals surface area contributed by atoms with Crippen molar-refractivity contribution in [1.82, 2.24) is 0 Å². The van der Waals surface area contributed by atoms with Crippen molar-refractivity contribution in [2.75, 3.05) is 0 Å². The van der Waals surface area contributed by atoms with E-state index in [0.29, 0.717) is 0 Å². The van der Waals surface area contributed by atoms with Gasteiger partial charge >= 0.3 is 5.97 Å². The fraction of sp³-hybridized carbons (Fsp3) is 0.577. The van der Waals surface area contributed by atoms with Gasteiger partial charge in [-0.3, -0.25) is 14.4 Å². The minimum Gasteiger partial charge on any atom is -0.458 e. The number of hydrogen-bond acceptors (Lipinski definition) is 4. The van der Waals surface area contributed by atoms with Crippen LogP contribution in [0.25, 0.3) is 0 Å². The topological polar surface area (TPSA) is 60.4 Å². The molecule has 31 heavy (non-hydrogen) atoms. The van der Waals surface area contributed by atoms with E-state index in [2.05, 4.69) is 45.1 Å². The summed E-state index contributed by atoms with van der Waals surface area (Å²) in [5, 5.41) is -1.36. The molecule has 3 rings (SSSR count). The van der Waals surface area contributed by atoms with Gasteiger partial charge in [0, 0.05) is 5.92 Å². The molecule has 3 aliphatic rings. The zero-order chi connectivity index (χ0) is 22.9. The summed E-state index contributed by atoms with van der Waals surface area (Å²) in [4.78, 5) is 39.1. The predicted molar refractivity (Wildman–Crippen MR) is 122 cm³/mol. The number of halogens is 1. The number of fused-ring (bicyclic) bond motifs is 3. The molecule has 0 amide bonds. The van der Waals surface area contributed by atoms with Crippen LogP contribution < -0.4 is 0 Å². The highest BCUT2D eigenvalue weighted by atomic mass is 35.5. The quantitative estimate of drug-likeness (QED) is 0.226. The van der Waals surface area contributed by atoms with E-state index in [1.165, 1.54) is 12.5 Å². The van der Waals surface area contributed by atoms with Crippen LogP contribution in [0.4, 0.5) is 0 Å². The van der Waals surface area contributed by atoms with Gasteiger partial charge < -0.3 is 4.74 Å². The summed E-state index contributed by atoms with van der Waals surface area (Å²) in [5.74, 6) is -2.38. The first-order valence-electron chi connectivity index (χ1n) is 11.2. The predicted octanol–water partition coefficient (Wildman–Crippen LogP) is 5.08. The van der Waals surface area contributed by atoms with Crippen molar-refractivity contribution in [1.29, 1.82) is 0 Å². The number of allylic oxidation sites excluding steroid dienone is 7. The van der Waals surface area contributed by atoms with Crippen LogP contribution in [0.15, 0.2) is 48.1 Å². The van der Waals surface area contributed by atoms with E-state index in [0.717, 1.165) is 6.42 Å². The molecule has 0 aromatic rings. The lowest BCUT2D eigenvalue weighted by atomic mass is 9.58. The number of ketones is 2. The molecule has 0 N–H and O–H groups in total. The molecule has 0 fully saturated rings. The molecule has 4 nitrogen and oxygen atoms in total. The van der Waals surface area contributed by atoms with Crippen molar-refractivity contribution < 1.29 is 19.1 Å². The van der Waals surface area contributed by atoms with Crippen LogP contribution in [0.5, 0.6) is 0 Å². The summed E-state index contributed by atoms with van der Waals surface area (Å²) < 4.78 is 5.34. The molecule has 0 spiro atoms. The van der Waals surface area contributed by atoms with Crippen LogP contribution in [-0.4, -0.2) is 29.0 Å². The Morgan fingerprint density at radius 2 is 1.58 bits per heavy atom. The van der Waals surface area contributed by atoms with Crippen LogP contribution in [0, 0.1) is 41.4 Å². The second-order valence-corrected chi connectivity index (χ2v) is 9.90. The van der Waals surface area contributed by atoms with Gasteiger partial charge in [-0.05, 0) is 62.9 Å². The molecule has 7 unspecified atom stereocenters. The molecule has 0 aromatic carbocycles. The third-order valence-corrected chi connectivity index (χ3v) is 7.47. The number of alkyl halides is 1. The zero-order valence-corrected chi connectivity index (χ0v) is 19.7. The van der Waals surface area contributed by atoms with Crippen molar-refractivity contribution in [3.63, 3.8) is 0 Å². The fourth-order valence-electron chi connectivity index (χ4n) is 5.40. The number of cyclic esters (lactones) is 1. The van der Waals surface area contributed by atoms with E-state index in [1.54, 1.807) is 13.0 Å². The van der Waals surface area contributed by atoms with Crippen LogP contribution in [0.2, 0.25) is 0 Å². The molecule has 0 radical (unpaired) electrons. The average Bonchev–Trinajstić information content (AvgIpc) is 2.72. The summed E-state index contributed by atoms with van der Waals surface area (Å²) in [7, 11) is 0. The van der Waals surface area contributed by atoms with Gasteiger partial charge in [0.15, 0.2) is 16.9 Å². The minimum atomic E-state index is -1.36. The second-order valence-electron chi connectivity index (χ2n) is 9.47. The lowest BCUT2D eigenvalue weighted by Crippen LogP contribution is -2.48. The van der Waals surface area contributed by atoms with Crippen LogP contribution in [0.3, 0.4) is 0 Å². The molecular formula is C26H33ClO4. The van der Waals surface area contributed by atoms with Crippen molar-refractivity contribution >= 4 is 29.1 Å². The molecule has 0 aromatic heterocycles. The van der Waals surface area contributed by atoms with E-state index in [4.69, 9.17) is 16.3 Å². The van der Waals surface area contributed by atoms with E-state index < -0.39 is 29.2 Å². The highest BCUT2D eigenvalue weighted by molar-refractivity contribution is 6.43. The number of ether oxygens (including phenoxy) is 1. The summed E-state index contributed by atoms with van der Waals surface area (Å²) in [6, 6.07) is 0. The Morgan fingerprint density at radius 1 is 0.903 bits per heavy atom. The molecule has 0 saturated carbocycles. The SMILES string of the molecule is CC1=CC(C)C2C(C=CC3C2C(=O)C(Cl)C(=O)[C@H](C)C(=O)OC(C)/C=C/C=C\[C@H]3C)C1. The fourth-order valence-corrected chi connectivity index (χ4v) is 5.74. The minimum absolute atomic E-state index is 0.0515. The Labute approximate surface area is 190 Å². The molecule has 0 bridgehead atoms. The van der Waals surface area contributed by atoms with Gasteiger partial charge in [0.05, 0.1) is 0 Å². The molecule has 2 aliphatic carbocycles. The van der Waals surface area contributed by atoms with E-state index >= 15 is 0 Å². The Balaban J connectivity index is 2.05. The smallest absolute Gasteiger partial charge is 0.316 e. The third-order valence-electron chi connectivity index (χ3n) is 7.04. The molecule has 1 aliphatic heterocycles. The van der Waals surface area contributed by atoms with Crippen molar-refractivity contribution in [2.24, 2.45) is 41.4 Å². The van der Waals surface area contributed by atoms with E-state index in [1.807, 2.05) is 12.2 Å². The monoisotopic (exact) mass is 444 g/mol. The first-order valence-corrected chi connectivity index (χ1v) is 11.7. The van der Waals surface area contributed by atoms with Gasteiger partial charge in [0.1, 0.15) is 12.0 Å². The molecule has 9 atom stereocenters. The summed E-state index contributed by atoms with van der Waals surface area (Å²) in [5.41, 5.74) is 1.33. The van der Waals surface area contributed by atoms with Crippen molar-refractivity contribution in [3.05, 3.63) is 48.1 Å². The first-order chi connectivity index (χ1) is 14.6. The maximum atomic E-state index is 13.7. The summed E-state index contributed by atoms with van der Waals surface area (Å²) >= 11 is 6.48. The number of carbonyl (C=O) groups is 3. The summed E-state index contributed by atoms with van der Waals surface area (Å²) in [6.45, 7) is 9.57. The standard InChI is InChI=1S/C26H33ClO4/c1-14-12-16(3)21-19(13-14)10-11-20-15(2)8-6-7-9-17(4)31-26(30)18(5)24(28)23(27)25(29)22(20)21/h6-12,15-23H,13H2,1-5H3/b8-6-,9-7+/t15-,16?,17?,18+,19?,20?,21?,22?,23?/m1/s1. The maximum absolute atomic E-state index is 13.7. The number of carbonyl (C=O) groups excluding carboxylic acids is 3. The highest BCUT2D eigenvalue weighted by Gasteiger charge is 2.48. The number of hydrogen-bond donors (Lipinski definition) is 0. The van der Waals surface area contributed by atoms with E-state index in [-0.39, 0.29) is 41.3 Å². The zero-order valence-electron chi connectivity index (χ0n) is 19.0. The summed E-state index contributed by atoms with van der Waals surface area (Å²) in [6.07, 6.45) is 14.7. The Morgan fingerprint density at radius 3 is 2.29 bits per heavy atom. The number of Topliss-reactive ketones (excluding diaryl/α,β-unsaturated/α-hetero) is 2. The number of esters is 1. The first kappa shape index (κ1) is 23.7. The van der Waals surface area contributed by atoms with E-state index in [9.17, 15) is 14.4 Å². The lowest BCUT2D eigenvalue weighted by molar-refractivity contribution is -0.153. The Kier molecular flexibility index (Phi) is 7.41. The maximum Gasteiger partial charge on any atom is 0.316 e. The molecule has 168 valence electrons.